The molecule has 2 atom stereocenters. The Kier molecular flexibility index (Phi) is 5.84. The lowest BCUT2D eigenvalue weighted by atomic mass is 9.90. The molecule has 0 radical (unpaired) electrons. The van der Waals surface area contributed by atoms with Crippen molar-refractivity contribution in [3.63, 3.8) is 0 Å². The maximum Gasteiger partial charge on any atom is 0.105 e. The molecule has 0 amide bonds. The predicted octanol–water partition coefficient (Wildman–Crippen LogP) is 8.56. The fraction of sp³-hybridized carbons (Fsp3) is 0.0556. The monoisotopic (exact) mass is 503 g/mol. The summed E-state index contributed by atoms with van der Waals surface area (Å²) in [6.07, 6.45) is -0.0655. The molecule has 7 rings (SSSR count). The normalized spacial score (nSPS) is 16.4. The molecule has 0 fully saturated rings. The zero-order valence-corrected chi connectivity index (χ0v) is 21.5. The van der Waals surface area contributed by atoms with Gasteiger partial charge in [-0.3, -0.25) is 5.32 Å². The number of hydrogen-bond donors (Lipinski definition) is 3. The molecule has 3 heteroatoms. The zero-order chi connectivity index (χ0) is 26.2. The van der Waals surface area contributed by atoms with Gasteiger partial charge in [-0.15, -0.1) is 0 Å². The van der Waals surface area contributed by atoms with Crippen LogP contribution in [0.25, 0.3) is 33.0 Å². The topological polar surface area (TPSA) is 50.1 Å². The second-order valence-corrected chi connectivity index (χ2v) is 10.1. The average Bonchev–Trinajstić information content (AvgIpc) is 3.01. The minimum Gasteiger partial charge on any atom is -0.398 e. The van der Waals surface area contributed by atoms with Crippen LogP contribution >= 0.6 is 0 Å². The molecule has 3 nitrogen and oxygen atoms in total. The molecule has 39 heavy (non-hydrogen) atoms. The van der Waals surface area contributed by atoms with E-state index in [0.29, 0.717) is 0 Å². The summed E-state index contributed by atoms with van der Waals surface area (Å²) in [6.45, 7) is 0. The number of fused-ring (bicyclic) bond motifs is 2. The first-order valence-electron chi connectivity index (χ1n) is 13.4. The number of hydrogen-bond acceptors (Lipinski definition) is 3. The Morgan fingerprint density at radius 3 is 1.95 bits per heavy atom. The van der Waals surface area contributed by atoms with E-state index >= 15 is 0 Å². The van der Waals surface area contributed by atoms with Crippen molar-refractivity contribution < 1.29 is 0 Å². The minimum absolute atomic E-state index is 0.0345. The number of rotatable bonds is 4. The molecule has 0 aliphatic carbocycles. The summed E-state index contributed by atoms with van der Waals surface area (Å²) < 4.78 is 0. The van der Waals surface area contributed by atoms with Crippen LogP contribution in [0.4, 0.5) is 11.4 Å². The Hall–Kier alpha value is -4.86. The van der Waals surface area contributed by atoms with Gasteiger partial charge in [0.05, 0.1) is 6.04 Å². The summed E-state index contributed by atoms with van der Waals surface area (Å²) in [4.78, 5) is 0. The molecule has 0 saturated heterocycles. The summed E-state index contributed by atoms with van der Waals surface area (Å²) >= 11 is 0. The predicted molar refractivity (Wildman–Crippen MR) is 163 cm³/mol. The number of nitrogens with one attached hydrogen (secondary N) is 2. The largest absolute Gasteiger partial charge is 0.398 e. The van der Waals surface area contributed by atoms with Gasteiger partial charge in [0.15, 0.2) is 0 Å². The third-order valence-electron chi connectivity index (χ3n) is 7.75. The molecule has 0 spiro atoms. The molecule has 0 bridgehead atoms. The van der Waals surface area contributed by atoms with Crippen molar-refractivity contribution in [3.8, 4) is 22.3 Å². The second kappa shape index (κ2) is 9.79. The van der Waals surface area contributed by atoms with Crippen molar-refractivity contribution in [2.75, 3.05) is 11.1 Å². The Balaban J connectivity index is 1.26. The van der Waals surface area contributed by atoms with E-state index in [9.17, 15) is 0 Å². The van der Waals surface area contributed by atoms with Gasteiger partial charge in [0.1, 0.15) is 6.17 Å². The van der Waals surface area contributed by atoms with Crippen LogP contribution in [0.5, 0.6) is 0 Å². The lowest BCUT2D eigenvalue weighted by Crippen LogP contribution is -2.37. The molecule has 188 valence electrons. The second-order valence-electron chi connectivity index (χ2n) is 10.1. The smallest absolute Gasteiger partial charge is 0.105 e. The molecule has 6 aromatic rings. The zero-order valence-electron chi connectivity index (χ0n) is 21.5. The number of benzene rings is 6. The summed E-state index contributed by atoms with van der Waals surface area (Å²) in [5.41, 5.74) is 16.8. The number of anilines is 2. The number of nitrogen functional groups attached to an aromatic ring is 1. The Morgan fingerprint density at radius 2 is 1.13 bits per heavy atom. The molecule has 1 unspecified atom stereocenters. The minimum atomic E-state index is -0.0655. The van der Waals surface area contributed by atoms with E-state index in [1.54, 1.807) is 0 Å². The standard InChI is InChI=1S/C36H29N3/c37-33-22-21-31(29-13-4-5-14-30(29)33)36-38-34-16-7-6-15-32(34)35(39-36)28-12-8-11-27(23-28)26-19-17-25(18-20-26)24-9-2-1-3-10-24/h1-23,35-36,38-39H,37H2/t35?,36-/m1/s1. The summed E-state index contributed by atoms with van der Waals surface area (Å²) in [5, 5.41) is 9.89. The lowest BCUT2D eigenvalue weighted by molar-refractivity contribution is 0.509. The Bertz CT molecular complexity index is 1770. The van der Waals surface area contributed by atoms with Crippen molar-refractivity contribution in [1.29, 1.82) is 0 Å². The van der Waals surface area contributed by atoms with E-state index in [-0.39, 0.29) is 12.2 Å². The lowest BCUT2D eigenvalue weighted by Gasteiger charge is -2.36. The highest BCUT2D eigenvalue weighted by atomic mass is 15.2. The van der Waals surface area contributed by atoms with Crippen molar-refractivity contribution in [2.45, 2.75) is 12.2 Å². The molecule has 1 aliphatic heterocycles. The van der Waals surface area contributed by atoms with E-state index < -0.39 is 0 Å². The summed E-state index contributed by atoms with van der Waals surface area (Å²) in [6, 6.07) is 49.4. The van der Waals surface area contributed by atoms with Gasteiger partial charge in [0, 0.05) is 16.8 Å². The van der Waals surface area contributed by atoms with Crippen molar-refractivity contribution >= 4 is 22.1 Å². The van der Waals surface area contributed by atoms with Gasteiger partial charge in [0.25, 0.3) is 0 Å². The third-order valence-corrected chi connectivity index (χ3v) is 7.75. The highest BCUT2D eigenvalue weighted by Crippen LogP contribution is 2.39. The SMILES string of the molecule is Nc1ccc([C@@H]2Nc3ccccc3C(c3cccc(-c4ccc(-c5ccccc5)cc4)c3)N2)c2ccccc12. The van der Waals surface area contributed by atoms with Crippen molar-refractivity contribution in [1.82, 2.24) is 5.32 Å². The molecule has 1 heterocycles. The van der Waals surface area contributed by atoms with Gasteiger partial charge in [-0.05, 0) is 62.5 Å². The van der Waals surface area contributed by atoms with Crippen LogP contribution in [-0.4, -0.2) is 0 Å². The van der Waals surface area contributed by atoms with Gasteiger partial charge >= 0.3 is 0 Å². The van der Waals surface area contributed by atoms with Gasteiger partial charge < -0.3 is 11.1 Å². The van der Waals surface area contributed by atoms with E-state index in [1.165, 1.54) is 38.9 Å². The highest BCUT2D eigenvalue weighted by molar-refractivity contribution is 5.95. The Morgan fingerprint density at radius 1 is 0.487 bits per heavy atom. The average molecular weight is 504 g/mol. The molecular weight excluding hydrogens is 474 g/mol. The molecule has 1 aliphatic rings. The van der Waals surface area contributed by atoms with Crippen LogP contribution in [0.2, 0.25) is 0 Å². The molecule has 6 aromatic carbocycles. The van der Waals surface area contributed by atoms with Crippen LogP contribution in [0.15, 0.2) is 140 Å². The first-order valence-corrected chi connectivity index (χ1v) is 13.4. The van der Waals surface area contributed by atoms with Crippen LogP contribution in [-0.2, 0) is 0 Å². The molecular formula is C36H29N3. The van der Waals surface area contributed by atoms with Gasteiger partial charge in [0.2, 0.25) is 0 Å². The van der Waals surface area contributed by atoms with Crippen LogP contribution in [0, 0.1) is 0 Å². The maximum atomic E-state index is 6.32. The van der Waals surface area contributed by atoms with Gasteiger partial charge in [-0.2, -0.15) is 0 Å². The Labute approximate surface area is 229 Å². The van der Waals surface area contributed by atoms with Crippen molar-refractivity contribution in [3.05, 3.63) is 156 Å². The van der Waals surface area contributed by atoms with Crippen LogP contribution in [0.3, 0.4) is 0 Å². The van der Waals surface area contributed by atoms with Gasteiger partial charge in [-0.1, -0.05) is 121 Å². The quantitative estimate of drug-likeness (QED) is 0.211. The van der Waals surface area contributed by atoms with Gasteiger partial charge in [-0.25, -0.2) is 0 Å². The first kappa shape index (κ1) is 23.3. The fourth-order valence-corrected chi connectivity index (χ4v) is 5.76. The van der Waals surface area contributed by atoms with Crippen LogP contribution in [0.1, 0.15) is 28.9 Å². The van der Waals surface area contributed by atoms with Crippen molar-refractivity contribution in [2.24, 2.45) is 0 Å². The molecule has 4 N–H and O–H groups in total. The summed E-state index contributed by atoms with van der Waals surface area (Å²) in [5.74, 6) is 0. The first-order chi connectivity index (χ1) is 19.2. The summed E-state index contributed by atoms with van der Waals surface area (Å²) in [7, 11) is 0. The fourth-order valence-electron chi connectivity index (χ4n) is 5.76. The van der Waals surface area contributed by atoms with E-state index in [2.05, 4.69) is 138 Å². The van der Waals surface area contributed by atoms with E-state index in [0.717, 1.165) is 22.1 Å². The highest BCUT2D eigenvalue weighted by Gasteiger charge is 2.28. The number of para-hydroxylation sites is 1. The van der Waals surface area contributed by atoms with Crippen LogP contribution < -0.4 is 16.4 Å². The number of nitrogens with two attached hydrogens (primary N) is 1. The maximum absolute atomic E-state index is 6.32. The molecule has 0 saturated carbocycles. The van der Waals surface area contributed by atoms with E-state index in [1.807, 2.05) is 12.1 Å². The van der Waals surface area contributed by atoms with E-state index in [4.69, 9.17) is 5.73 Å². The molecule has 0 aromatic heterocycles. The third kappa shape index (κ3) is 4.33.